The van der Waals surface area contributed by atoms with E-state index in [1.54, 1.807) is 11.9 Å². The fourth-order valence-corrected chi connectivity index (χ4v) is 4.61. The Labute approximate surface area is 117 Å². The molecule has 0 aliphatic carbocycles. The summed E-state index contributed by atoms with van der Waals surface area (Å²) >= 11 is 3.52. The molecule has 0 bridgehead atoms. The van der Waals surface area contributed by atoms with Crippen LogP contribution in [-0.2, 0) is 4.84 Å². The van der Waals surface area contributed by atoms with E-state index < -0.39 is 0 Å². The van der Waals surface area contributed by atoms with Gasteiger partial charge in [0.15, 0.2) is 6.10 Å². The standard InChI is InChI=1S/C12H19N3OS2/c1-5-11(16-13-7-1)12(6-3-9-18-15-12)10-4-2-8-17-14-10/h7,11,15H,1-6,8-9H2. The van der Waals surface area contributed by atoms with Crippen LogP contribution in [0.15, 0.2) is 9.55 Å². The molecule has 3 heterocycles. The van der Waals surface area contributed by atoms with Crippen molar-refractivity contribution < 1.29 is 4.84 Å². The minimum atomic E-state index is -0.0753. The van der Waals surface area contributed by atoms with Gasteiger partial charge < -0.3 is 4.84 Å². The first-order valence-corrected chi connectivity index (χ1v) is 8.60. The summed E-state index contributed by atoms with van der Waals surface area (Å²) in [7, 11) is 0. The van der Waals surface area contributed by atoms with E-state index in [9.17, 15) is 0 Å². The molecule has 0 amide bonds. The number of nitrogens with zero attached hydrogens (tertiary/aromatic N) is 2. The summed E-state index contributed by atoms with van der Waals surface area (Å²) < 4.78 is 8.37. The van der Waals surface area contributed by atoms with Crippen molar-refractivity contribution in [3.05, 3.63) is 0 Å². The molecule has 2 unspecified atom stereocenters. The normalized spacial score (nSPS) is 36.9. The zero-order valence-electron chi connectivity index (χ0n) is 10.4. The smallest absolute Gasteiger partial charge is 0.152 e. The van der Waals surface area contributed by atoms with E-state index in [0.29, 0.717) is 0 Å². The molecule has 6 heteroatoms. The Hall–Kier alpha value is -0.200. The lowest BCUT2D eigenvalue weighted by atomic mass is 9.79. The van der Waals surface area contributed by atoms with E-state index in [-0.39, 0.29) is 11.6 Å². The van der Waals surface area contributed by atoms with Gasteiger partial charge in [-0.1, -0.05) is 17.1 Å². The lowest BCUT2D eigenvalue weighted by Gasteiger charge is -2.44. The molecule has 0 spiro atoms. The lowest BCUT2D eigenvalue weighted by Crippen LogP contribution is -2.60. The first-order chi connectivity index (χ1) is 8.92. The Morgan fingerprint density at radius 1 is 1.39 bits per heavy atom. The van der Waals surface area contributed by atoms with Crippen LogP contribution in [0.25, 0.3) is 0 Å². The van der Waals surface area contributed by atoms with Crippen molar-refractivity contribution in [2.75, 3.05) is 11.5 Å². The molecule has 0 aromatic heterocycles. The first-order valence-electron chi connectivity index (χ1n) is 6.68. The van der Waals surface area contributed by atoms with Gasteiger partial charge in [-0.05, 0) is 50.5 Å². The van der Waals surface area contributed by atoms with Crippen LogP contribution in [0.2, 0.25) is 0 Å². The maximum Gasteiger partial charge on any atom is 0.152 e. The van der Waals surface area contributed by atoms with Gasteiger partial charge in [0.1, 0.15) is 5.54 Å². The summed E-state index contributed by atoms with van der Waals surface area (Å²) in [5, 5.41) is 4.04. The molecule has 3 rings (SSSR count). The van der Waals surface area contributed by atoms with Crippen LogP contribution in [0, 0.1) is 0 Å². The summed E-state index contributed by atoms with van der Waals surface area (Å²) in [5.41, 5.74) is 1.22. The predicted octanol–water partition coefficient (Wildman–Crippen LogP) is 2.80. The van der Waals surface area contributed by atoms with Gasteiger partial charge in [0.25, 0.3) is 0 Å². The van der Waals surface area contributed by atoms with Crippen molar-refractivity contribution >= 4 is 35.8 Å². The number of rotatable bonds is 2. The largest absolute Gasteiger partial charge is 0.390 e. The van der Waals surface area contributed by atoms with E-state index >= 15 is 0 Å². The fraction of sp³-hybridized carbons (Fsp3) is 0.833. The van der Waals surface area contributed by atoms with Gasteiger partial charge in [0.2, 0.25) is 0 Å². The third-order valence-electron chi connectivity index (χ3n) is 3.78. The summed E-state index contributed by atoms with van der Waals surface area (Å²) in [4.78, 5) is 5.68. The molecular weight excluding hydrogens is 266 g/mol. The summed E-state index contributed by atoms with van der Waals surface area (Å²) in [6.45, 7) is 0. The zero-order valence-corrected chi connectivity index (χ0v) is 12.1. The molecule has 0 radical (unpaired) electrons. The Bertz CT molecular complexity index is 353. The number of nitrogens with one attached hydrogen (secondary N) is 1. The lowest BCUT2D eigenvalue weighted by molar-refractivity contribution is 0.00336. The number of oxime groups is 1. The average molecular weight is 285 g/mol. The molecule has 18 heavy (non-hydrogen) atoms. The average Bonchev–Trinajstić information content (AvgIpc) is 2.50. The van der Waals surface area contributed by atoms with Crippen molar-refractivity contribution in [1.29, 1.82) is 0 Å². The summed E-state index contributed by atoms with van der Waals surface area (Å²) in [6, 6.07) is 0. The maximum absolute atomic E-state index is 5.68. The highest BCUT2D eigenvalue weighted by Crippen LogP contribution is 2.36. The van der Waals surface area contributed by atoms with Gasteiger partial charge in [-0.15, -0.1) is 0 Å². The fourth-order valence-electron chi connectivity index (χ4n) is 2.83. The molecule has 4 nitrogen and oxygen atoms in total. The molecule has 3 aliphatic rings. The zero-order chi connectivity index (χ0) is 12.3. The topological polar surface area (TPSA) is 46.0 Å². The van der Waals surface area contributed by atoms with Crippen LogP contribution in [0.4, 0.5) is 0 Å². The SMILES string of the molecule is C1=NOC(C2(C3=NSCCC3)CCCSN2)CC1. The third kappa shape index (κ3) is 2.42. The molecule has 2 atom stereocenters. The second-order valence-electron chi connectivity index (χ2n) is 4.96. The molecule has 0 saturated carbocycles. The minimum Gasteiger partial charge on any atom is -0.390 e. The van der Waals surface area contributed by atoms with E-state index in [0.717, 1.165) is 31.4 Å². The second-order valence-corrected chi connectivity index (χ2v) is 6.71. The van der Waals surface area contributed by atoms with Crippen molar-refractivity contribution in [2.45, 2.75) is 50.2 Å². The van der Waals surface area contributed by atoms with Crippen LogP contribution in [0.3, 0.4) is 0 Å². The monoisotopic (exact) mass is 285 g/mol. The Kier molecular flexibility index (Phi) is 4.16. The van der Waals surface area contributed by atoms with Crippen molar-refractivity contribution in [2.24, 2.45) is 9.55 Å². The number of hydrogen-bond donors (Lipinski definition) is 1. The van der Waals surface area contributed by atoms with Crippen LogP contribution < -0.4 is 4.72 Å². The van der Waals surface area contributed by atoms with Crippen molar-refractivity contribution in [3.8, 4) is 0 Å². The second kappa shape index (κ2) is 5.84. The molecule has 0 aromatic rings. The Morgan fingerprint density at radius 3 is 3.06 bits per heavy atom. The van der Waals surface area contributed by atoms with E-state index in [2.05, 4.69) is 9.88 Å². The maximum atomic E-state index is 5.68. The van der Waals surface area contributed by atoms with Gasteiger partial charge in [-0.3, -0.25) is 0 Å². The van der Waals surface area contributed by atoms with Crippen LogP contribution in [-0.4, -0.2) is 35.1 Å². The quantitative estimate of drug-likeness (QED) is 0.793. The molecule has 3 aliphatic heterocycles. The molecule has 1 N–H and O–H groups in total. The summed E-state index contributed by atoms with van der Waals surface area (Å²) in [6.07, 6.45) is 8.76. The Balaban J connectivity index is 1.86. The first kappa shape index (κ1) is 12.8. The van der Waals surface area contributed by atoms with Gasteiger partial charge in [0.05, 0.1) is 5.71 Å². The third-order valence-corrected chi connectivity index (χ3v) is 5.60. The molecule has 1 saturated heterocycles. The highest BCUT2D eigenvalue weighted by atomic mass is 32.2. The molecule has 0 aromatic carbocycles. The molecule has 100 valence electrons. The van der Waals surface area contributed by atoms with Crippen molar-refractivity contribution in [1.82, 2.24) is 4.72 Å². The van der Waals surface area contributed by atoms with Gasteiger partial charge in [-0.25, -0.2) is 9.12 Å². The Morgan fingerprint density at radius 2 is 2.39 bits per heavy atom. The van der Waals surface area contributed by atoms with E-state index in [4.69, 9.17) is 9.24 Å². The van der Waals surface area contributed by atoms with Crippen LogP contribution in [0.1, 0.15) is 38.5 Å². The highest BCUT2D eigenvalue weighted by molar-refractivity contribution is 7.98. The van der Waals surface area contributed by atoms with E-state index in [1.165, 1.54) is 24.3 Å². The van der Waals surface area contributed by atoms with Gasteiger partial charge in [-0.2, -0.15) is 0 Å². The van der Waals surface area contributed by atoms with E-state index in [1.807, 2.05) is 18.2 Å². The number of hydrogen-bond acceptors (Lipinski definition) is 6. The highest BCUT2D eigenvalue weighted by Gasteiger charge is 2.47. The minimum absolute atomic E-state index is 0.0753. The molecule has 1 fully saturated rings. The van der Waals surface area contributed by atoms with Crippen LogP contribution in [0.5, 0.6) is 0 Å². The predicted molar refractivity (Wildman–Crippen MR) is 79.3 cm³/mol. The van der Waals surface area contributed by atoms with Gasteiger partial charge >= 0.3 is 0 Å². The van der Waals surface area contributed by atoms with Crippen LogP contribution >= 0.6 is 23.9 Å². The molecular formula is C12H19N3OS2. The summed E-state index contributed by atoms with van der Waals surface area (Å²) in [5.74, 6) is 2.33. The van der Waals surface area contributed by atoms with Crippen molar-refractivity contribution in [3.63, 3.8) is 0 Å². The van der Waals surface area contributed by atoms with Gasteiger partial charge in [0, 0.05) is 17.7 Å².